The average molecular weight is 575 g/mol. The van der Waals surface area contributed by atoms with Gasteiger partial charge in [0.25, 0.3) is 11.8 Å². The quantitative estimate of drug-likeness (QED) is 0.0749. The second kappa shape index (κ2) is 10.4. The van der Waals surface area contributed by atoms with E-state index >= 15 is 0 Å². The molecule has 17 nitrogen and oxygen atoms in total. The number of nitrogens with zero attached hydrogens (tertiary/aromatic N) is 4. The number of likely N-dealkylation sites (N-methyl/N-ethyl adjacent to an activating group) is 1. The van der Waals surface area contributed by atoms with E-state index in [1.165, 1.54) is 26.3 Å². The minimum Gasteiger partial charge on any atom is -0.503 e. The predicted molar refractivity (Wildman–Crippen MR) is 127 cm³/mol. The first kappa shape index (κ1) is 28.5. The molecule has 0 spiro atoms. The summed E-state index contributed by atoms with van der Waals surface area (Å²) in [4.78, 5) is 59.2. The molecule has 0 saturated carbocycles. The lowest BCUT2D eigenvalue weighted by atomic mass is 9.74. The first-order valence-corrected chi connectivity index (χ1v) is 12.7. The molecule has 2 atom stereocenters. The van der Waals surface area contributed by atoms with Gasteiger partial charge in [0.1, 0.15) is 11.4 Å². The Balaban J connectivity index is 1.95. The Kier molecular flexibility index (Phi) is 7.77. The van der Waals surface area contributed by atoms with Crippen molar-refractivity contribution in [3.8, 4) is 5.75 Å². The van der Waals surface area contributed by atoms with Crippen molar-refractivity contribution in [3.63, 3.8) is 0 Å². The number of pyridine rings is 1. The van der Waals surface area contributed by atoms with Crippen LogP contribution in [0.4, 0.5) is 5.13 Å². The molecule has 1 aliphatic rings. The third-order valence-corrected chi connectivity index (χ3v) is 6.52. The molecule has 206 valence electrons. The number of Topliss-reactive ketones (excluding diaryl/α,β-unsaturated/α-hetero) is 1. The van der Waals surface area contributed by atoms with Crippen LogP contribution in [0.25, 0.3) is 0 Å². The lowest BCUT2D eigenvalue weighted by molar-refractivity contribution is -0.228. The molecule has 6 N–H and O–H groups in total. The van der Waals surface area contributed by atoms with Crippen molar-refractivity contribution in [3.05, 3.63) is 39.3 Å². The number of aromatic hydroxyl groups is 1. The molecule has 1 fully saturated rings. The summed E-state index contributed by atoms with van der Waals surface area (Å²) in [6.07, 6.45) is -1.72. The van der Waals surface area contributed by atoms with E-state index < -0.39 is 74.6 Å². The molecule has 0 aromatic carbocycles. The van der Waals surface area contributed by atoms with E-state index in [0.717, 1.165) is 11.3 Å². The predicted octanol–water partition coefficient (Wildman–Crippen LogP) is -1.03. The summed E-state index contributed by atoms with van der Waals surface area (Å²) in [7, 11) is -3.78. The summed E-state index contributed by atoms with van der Waals surface area (Å²) in [5.41, 5.74) is 2.33. The number of amides is 2. The highest BCUT2D eigenvalue weighted by Gasteiger charge is 2.57. The SMILES string of the molecule is CNC(=O)C(O/N=C(\C(=O)C[C@@H]1C(=O)N(OS(=O)(=O)O)C1(C)C)c1csc(N)n1)c1cc(=O)c(O)cn1O. The number of anilines is 1. The highest BCUT2D eigenvalue weighted by Crippen LogP contribution is 2.40. The number of aromatic nitrogens is 2. The Morgan fingerprint density at radius 3 is 2.55 bits per heavy atom. The number of carbonyl (C=O) groups is 3. The fourth-order valence-corrected chi connectivity index (χ4v) is 4.48. The van der Waals surface area contributed by atoms with Crippen molar-refractivity contribution < 1.29 is 46.8 Å². The molecular formula is C19H22N6O11S2. The number of hydroxylamine groups is 2. The number of carbonyl (C=O) groups excluding carboxylic acids is 3. The number of nitrogen functional groups attached to an aromatic ring is 1. The lowest BCUT2D eigenvalue weighted by Gasteiger charge is -2.50. The maximum Gasteiger partial charge on any atom is 0.418 e. The maximum absolute atomic E-state index is 13.2. The largest absolute Gasteiger partial charge is 0.503 e. The molecule has 0 radical (unpaired) electrons. The summed E-state index contributed by atoms with van der Waals surface area (Å²) in [5, 5.41) is 27.3. The molecule has 2 aromatic rings. The summed E-state index contributed by atoms with van der Waals surface area (Å²) in [5.74, 6) is -4.59. The zero-order chi connectivity index (χ0) is 28.6. The summed E-state index contributed by atoms with van der Waals surface area (Å²) < 4.78 is 35.5. The van der Waals surface area contributed by atoms with E-state index in [0.29, 0.717) is 17.3 Å². The topological polar surface area (TPSA) is 253 Å². The highest BCUT2D eigenvalue weighted by molar-refractivity contribution is 7.80. The van der Waals surface area contributed by atoms with Crippen LogP contribution in [0.3, 0.4) is 0 Å². The van der Waals surface area contributed by atoms with Crippen LogP contribution in [-0.4, -0.2) is 74.0 Å². The van der Waals surface area contributed by atoms with Crippen molar-refractivity contribution in [2.75, 3.05) is 12.8 Å². The number of hydrogen-bond acceptors (Lipinski definition) is 14. The second-order valence-electron chi connectivity index (χ2n) is 8.37. The minimum atomic E-state index is -5.01. The molecule has 38 heavy (non-hydrogen) atoms. The number of nitrogens with one attached hydrogen (secondary N) is 1. The van der Waals surface area contributed by atoms with Crippen LogP contribution in [0.2, 0.25) is 0 Å². The monoisotopic (exact) mass is 574 g/mol. The molecule has 2 amide bonds. The zero-order valence-electron chi connectivity index (χ0n) is 19.9. The number of thiazole rings is 1. The van der Waals surface area contributed by atoms with Gasteiger partial charge < -0.3 is 26.2 Å². The van der Waals surface area contributed by atoms with Crippen molar-refractivity contribution in [2.45, 2.75) is 31.9 Å². The Morgan fingerprint density at radius 2 is 2.03 bits per heavy atom. The van der Waals surface area contributed by atoms with Crippen molar-refractivity contribution in [1.29, 1.82) is 0 Å². The number of β-lactam (4-membered cyclic amide) rings is 1. The number of ketones is 1. The molecule has 0 aliphatic carbocycles. The van der Waals surface area contributed by atoms with Crippen LogP contribution in [0.15, 0.2) is 27.6 Å². The minimum absolute atomic E-state index is 0.0406. The van der Waals surface area contributed by atoms with Gasteiger partial charge in [-0.2, -0.15) is 18.2 Å². The van der Waals surface area contributed by atoms with E-state index in [1.807, 2.05) is 0 Å². The second-order valence-corrected chi connectivity index (χ2v) is 10.3. The summed E-state index contributed by atoms with van der Waals surface area (Å²) in [6, 6.07) is 0.715. The first-order chi connectivity index (χ1) is 17.6. The molecule has 2 aromatic heterocycles. The molecule has 1 unspecified atom stereocenters. The molecule has 19 heteroatoms. The van der Waals surface area contributed by atoms with Gasteiger partial charge >= 0.3 is 10.4 Å². The molecule has 1 saturated heterocycles. The molecule has 3 rings (SSSR count). The van der Waals surface area contributed by atoms with Gasteiger partial charge in [-0.15, -0.1) is 15.6 Å². The number of rotatable bonds is 10. The highest BCUT2D eigenvalue weighted by atomic mass is 32.3. The van der Waals surface area contributed by atoms with E-state index in [1.54, 1.807) is 0 Å². The van der Waals surface area contributed by atoms with Gasteiger partial charge in [0.05, 0.1) is 17.7 Å². The Morgan fingerprint density at radius 1 is 1.37 bits per heavy atom. The zero-order valence-corrected chi connectivity index (χ0v) is 21.5. The molecular weight excluding hydrogens is 552 g/mol. The Labute approximate surface area is 217 Å². The van der Waals surface area contributed by atoms with Crippen LogP contribution in [0, 0.1) is 5.92 Å². The average Bonchev–Trinajstić information content (AvgIpc) is 3.25. The number of nitrogens with two attached hydrogens (primary N) is 1. The van der Waals surface area contributed by atoms with Crippen LogP contribution in [-0.2, 0) is 33.9 Å². The number of hydrogen-bond donors (Lipinski definition) is 5. The van der Waals surface area contributed by atoms with Crippen LogP contribution in [0.1, 0.15) is 37.8 Å². The van der Waals surface area contributed by atoms with Crippen LogP contribution < -0.4 is 16.5 Å². The lowest BCUT2D eigenvalue weighted by Crippen LogP contribution is -2.68. The number of oxime groups is 1. The van der Waals surface area contributed by atoms with Gasteiger partial charge in [-0.25, -0.2) is 4.98 Å². The van der Waals surface area contributed by atoms with Crippen molar-refractivity contribution in [1.82, 2.24) is 20.1 Å². The standard InChI is InChI=1S/C19H22N6O11S2/c1-19(2)8(17(30)25(19)36-38(32,33)34)4-12(27)14(9-7-37-18(20)22-9)23-35-15(16(29)21-3)10-5-11(26)13(28)6-24(10)31/h5-8,15,28,31H,4H2,1-3H3,(H2,20,22)(H,21,29)(H,32,33,34)/b23-14-/t8-,15?/m1/s1. The van der Waals surface area contributed by atoms with E-state index in [4.69, 9.17) is 15.1 Å². The fraction of sp³-hybridized carbons (Fsp3) is 0.368. The van der Waals surface area contributed by atoms with E-state index in [9.17, 15) is 37.9 Å². The summed E-state index contributed by atoms with van der Waals surface area (Å²) in [6.45, 7) is 2.78. The Hall–Kier alpha value is -4.07. The van der Waals surface area contributed by atoms with Crippen LogP contribution in [0.5, 0.6) is 5.75 Å². The normalized spacial score (nSPS) is 18.0. The van der Waals surface area contributed by atoms with Crippen LogP contribution >= 0.6 is 11.3 Å². The van der Waals surface area contributed by atoms with Crippen molar-refractivity contribution >= 4 is 50.2 Å². The fourth-order valence-electron chi connectivity index (χ4n) is 3.48. The molecule has 3 heterocycles. The molecule has 0 bridgehead atoms. The third kappa shape index (κ3) is 5.74. The maximum atomic E-state index is 13.2. The van der Waals surface area contributed by atoms with E-state index in [2.05, 4.69) is 19.7 Å². The third-order valence-electron chi connectivity index (χ3n) is 5.50. The van der Waals surface area contributed by atoms with Crippen molar-refractivity contribution in [2.24, 2.45) is 11.1 Å². The van der Waals surface area contributed by atoms with Gasteiger partial charge in [-0.3, -0.25) is 23.7 Å². The van der Waals surface area contributed by atoms with Gasteiger partial charge in [-0.05, 0) is 13.8 Å². The van der Waals surface area contributed by atoms with Gasteiger partial charge in [0.15, 0.2) is 22.4 Å². The van der Waals surface area contributed by atoms with Gasteiger partial charge in [-0.1, -0.05) is 5.16 Å². The Bertz CT molecular complexity index is 1480. The van der Waals surface area contributed by atoms with Gasteiger partial charge in [0.2, 0.25) is 11.5 Å². The molecule has 1 aliphatic heterocycles. The first-order valence-electron chi connectivity index (χ1n) is 10.4. The smallest absolute Gasteiger partial charge is 0.418 e. The van der Waals surface area contributed by atoms with E-state index in [-0.39, 0.29) is 15.6 Å². The summed E-state index contributed by atoms with van der Waals surface area (Å²) >= 11 is 0.939. The van der Waals surface area contributed by atoms with Gasteiger partial charge in [0, 0.05) is 24.9 Å².